The second-order valence-corrected chi connectivity index (χ2v) is 4.57. The van der Waals surface area contributed by atoms with E-state index in [0.717, 1.165) is 6.42 Å². The highest BCUT2D eigenvalue weighted by Crippen LogP contribution is 2.32. The number of rotatable bonds is 2. The lowest BCUT2D eigenvalue weighted by Crippen LogP contribution is -2.44. The molecule has 6 radical (unpaired) electrons. The van der Waals surface area contributed by atoms with Gasteiger partial charge in [-0.3, -0.25) is 4.79 Å². The van der Waals surface area contributed by atoms with Crippen LogP contribution >= 0.6 is 0 Å². The van der Waals surface area contributed by atoms with Crippen molar-refractivity contribution in [2.24, 2.45) is 0 Å². The van der Waals surface area contributed by atoms with Gasteiger partial charge in [-0.25, -0.2) is 0 Å². The molecule has 104 valence electrons. The fraction of sp³-hybridized carbons (Fsp3) is 0.923. The Hall–Kier alpha value is -0.375. The minimum absolute atomic E-state index is 0.0393. The van der Waals surface area contributed by atoms with Crippen LogP contribution in [0.4, 0.5) is 0 Å². The van der Waals surface area contributed by atoms with Gasteiger partial charge in [0.2, 0.25) is 5.91 Å². The third kappa shape index (κ3) is 6.07. The molecule has 1 aliphatic heterocycles. The fourth-order valence-electron chi connectivity index (χ4n) is 1.98. The third-order valence-corrected chi connectivity index (χ3v) is 2.89. The molecule has 2 unspecified atom stereocenters. The molecule has 0 bridgehead atoms. The fourth-order valence-corrected chi connectivity index (χ4v) is 1.98. The highest BCUT2D eigenvalue weighted by atomic mass is 16.5. The topological polar surface area (TPSA) is 29.5 Å². The van der Waals surface area contributed by atoms with Gasteiger partial charge in [0.25, 0.3) is 0 Å². The molecule has 6 heteroatoms. The number of carbonyl (C=O) groups is 1. The molecule has 0 aliphatic carbocycles. The van der Waals surface area contributed by atoms with Crippen molar-refractivity contribution >= 4 is 29.4 Å². The normalized spacial score (nSPS) is 25.8. The lowest BCUT2D eigenvalue weighted by atomic mass is 9.42. The molecule has 0 aromatic carbocycles. The summed E-state index contributed by atoms with van der Waals surface area (Å²) in [6, 6.07) is 0.0393. The number of carbonyl (C=O) groups excluding carboxylic acids is 1. The molecule has 1 rings (SSSR count). The van der Waals surface area contributed by atoms with E-state index in [9.17, 15) is 4.79 Å². The van der Waals surface area contributed by atoms with E-state index in [4.69, 9.17) is 28.3 Å². The second-order valence-electron chi connectivity index (χ2n) is 4.57. The number of ether oxygens (including phenoxy) is 1. The van der Waals surface area contributed by atoms with Crippen LogP contribution in [0.2, 0.25) is 5.11 Å². The summed E-state index contributed by atoms with van der Waals surface area (Å²) in [5.74, 6) is -0.448. The van der Waals surface area contributed by atoms with Gasteiger partial charge in [0, 0.05) is 19.7 Å². The summed E-state index contributed by atoms with van der Waals surface area (Å²) in [7, 11) is 17.8. The monoisotopic (exact) mass is 261 g/mol. The minimum atomic E-state index is -1.80. The van der Waals surface area contributed by atoms with E-state index in [1.807, 2.05) is 41.5 Å². The maximum atomic E-state index is 11.8. The molecular weight excluding hydrogens is 235 g/mol. The predicted molar refractivity (Wildman–Crippen MR) is 83.9 cm³/mol. The van der Waals surface area contributed by atoms with Gasteiger partial charge >= 0.3 is 0 Å². The minimum Gasteiger partial charge on any atom is -0.377 e. The van der Waals surface area contributed by atoms with Gasteiger partial charge in [0.1, 0.15) is 0 Å². The van der Waals surface area contributed by atoms with E-state index >= 15 is 0 Å². The van der Waals surface area contributed by atoms with Gasteiger partial charge < -0.3 is 9.64 Å². The zero-order valence-electron chi connectivity index (χ0n) is 13.5. The number of likely N-dealkylation sites (tertiary alicyclic amines) is 1. The first-order chi connectivity index (χ1) is 8.69. The maximum absolute atomic E-state index is 11.8. The summed E-state index contributed by atoms with van der Waals surface area (Å²) in [5.41, 5.74) is -0.333. The number of amides is 1. The number of hydrogen-bond donors (Lipinski definition) is 0. The summed E-state index contributed by atoms with van der Waals surface area (Å²) in [4.78, 5) is 13.3. The van der Waals surface area contributed by atoms with Crippen LogP contribution in [0.15, 0.2) is 0 Å². The highest BCUT2D eigenvalue weighted by molar-refractivity contribution is 6.68. The van der Waals surface area contributed by atoms with Gasteiger partial charge in [0.05, 0.1) is 29.1 Å². The van der Waals surface area contributed by atoms with Crippen molar-refractivity contribution < 1.29 is 9.53 Å². The number of methoxy groups -OCH3 is 1. The van der Waals surface area contributed by atoms with Crippen LogP contribution in [-0.4, -0.2) is 59.6 Å². The van der Waals surface area contributed by atoms with E-state index in [1.165, 1.54) is 0 Å². The molecule has 1 fully saturated rings. The summed E-state index contributed by atoms with van der Waals surface area (Å²) >= 11 is 0. The smallest absolute Gasteiger partial charge is 0.204 e. The van der Waals surface area contributed by atoms with Crippen LogP contribution in [0, 0.1) is 0 Å². The Labute approximate surface area is 123 Å². The first kappa shape index (κ1) is 20.9. The van der Waals surface area contributed by atoms with Crippen LogP contribution in [0.5, 0.6) is 0 Å². The molecule has 2 atom stereocenters. The number of hydrogen-bond acceptors (Lipinski definition) is 2. The molecule has 0 N–H and O–H groups in total. The van der Waals surface area contributed by atoms with Gasteiger partial charge in [0.15, 0.2) is 0 Å². The molecule has 1 saturated heterocycles. The largest absolute Gasteiger partial charge is 0.377 e. The van der Waals surface area contributed by atoms with Crippen LogP contribution in [0.3, 0.4) is 0 Å². The average Bonchev–Trinajstić information content (AvgIpc) is 2.68. The average molecular weight is 261 g/mol. The zero-order valence-corrected chi connectivity index (χ0v) is 13.5. The van der Waals surface area contributed by atoms with E-state index in [0.29, 0.717) is 6.54 Å². The molecule has 3 nitrogen and oxygen atoms in total. The second kappa shape index (κ2) is 8.73. The third-order valence-electron chi connectivity index (χ3n) is 2.89. The van der Waals surface area contributed by atoms with Crippen LogP contribution in [0.25, 0.3) is 0 Å². The van der Waals surface area contributed by atoms with Gasteiger partial charge in [-0.05, 0) is 20.3 Å². The summed E-state index contributed by atoms with van der Waals surface area (Å²) in [6.45, 7) is 12.3. The molecule has 0 spiro atoms. The van der Waals surface area contributed by atoms with Gasteiger partial charge in [-0.15, -0.1) is 0 Å². The Morgan fingerprint density at radius 3 is 1.95 bits per heavy atom. The molecule has 19 heavy (non-hydrogen) atoms. The Balaban J connectivity index is 0. The predicted octanol–water partition coefficient (Wildman–Crippen LogP) is 1.64. The molecule has 1 aliphatic rings. The maximum Gasteiger partial charge on any atom is 0.204 e. The molecular formula is C13H26B3NO2. The SMILES string of the molecule is CC.CC.[B]C([B])([B])C(=O)N1CC(C)(OC)CC1C. The summed E-state index contributed by atoms with van der Waals surface area (Å²) in [6.07, 6.45) is 0.755. The van der Waals surface area contributed by atoms with Crippen molar-refractivity contribution in [3.63, 3.8) is 0 Å². The summed E-state index contributed by atoms with van der Waals surface area (Å²) in [5, 5.41) is -1.80. The van der Waals surface area contributed by atoms with Crippen molar-refractivity contribution in [2.75, 3.05) is 13.7 Å². The lowest BCUT2D eigenvalue weighted by molar-refractivity contribution is -0.131. The van der Waals surface area contributed by atoms with Crippen molar-refractivity contribution in [1.29, 1.82) is 0 Å². The van der Waals surface area contributed by atoms with Crippen molar-refractivity contribution in [2.45, 2.75) is 64.7 Å². The highest BCUT2D eigenvalue weighted by Gasteiger charge is 2.42. The molecule has 1 heterocycles. The van der Waals surface area contributed by atoms with E-state index in [2.05, 4.69) is 0 Å². The van der Waals surface area contributed by atoms with Gasteiger partial charge in [-0.1, -0.05) is 32.8 Å². The standard InChI is InChI=1S/C9H14B3NO2.2C2H6/c1-6-4-8(2,15-3)5-13(6)7(14)9(10,11)12;2*1-2/h6H,4-5H2,1-3H3;2*1-2H3. The van der Waals surface area contributed by atoms with Crippen LogP contribution in [-0.2, 0) is 9.53 Å². The molecule has 0 aromatic rings. The van der Waals surface area contributed by atoms with E-state index in [-0.39, 0.29) is 11.6 Å². The Morgan fingerprint density at radius 2 is 1.68 bits per heavy atom. The Kier molecular flexibility index (Phi) is 9.62. The lowest BCUT2D eigenvalue weighted by Gasteiger charge is -2.30. The first-order valence-electron chi connectivity index (χ1n) is 6.92. The summed E-state index contributed by atoms with van der Waals surface area (Å²) < 4.78 is 5.35. The molecule has 0 aromatic heterocycles. The quantitative estimate of drug-likeness (QED) is 0.707. The zero-order chi connectivity index (χ0) is 15.9. The molecule has 0 saturated carbocycles. The number of nitrogens with zero attached hydrogens (tertiary/aromatic N) is 1. The molecule has 1 amide bonds. The van der Waals surface area contributed by atoms with E-state index < -0.39 is 11.0 Å². The van der Waals surface area contributed by atoms with Crippen LogP contribution < -0.4 is 0 Å². The van der Waals surface area contributed by atoms with Crippen molar-refractivity contribution in [3.05, 3.63) is 0 Å². The van der Waals surface area contributed by atoms with Crippen molar-refractivity contribution in [3.8, 4) is 0 Å². The van der Waals surface area contributed by atoms with E-state index in [1.54, 1.807) is 12.0 Å². The Bertz CT molecular complexity index is 269. The Morgan fingerprint density at radius 1 is 1.26 bits per heavy atom. The van der Waals surface area contributed by atoms with Gasteiger partial charge in [-0.2, -0.15) is 0 Å². The van der Waals surface area contributed by atoms with Crippen LogP contribution in [0.1, 0.15) is 48.0 Å². The van der Waals surface area contributed by atoms with Crippen molar-refractivity contribution in [1.82, 2.24) is 4.90 Å². The first-order valence-corrected chi connectivity index (χ1v) is 6.92.